The molecule has 34 heavy (non-hydrogen) atoms. The molecule has 12 heteroatoms. The van der Waals surface area contributed by atoms with Gasteiger partial charge >= 0.3 is 5.97 Å². The Hall–Kier alpha value is -3.37. The van der Waals surface area contributed by atoms with Crippen LogP contribution in [0.15, 0.2) is 53.1 Å². The summed E-state index contributed by atoms with van der Waals surface area (Å²) in [5, 5.41) is 9.05. The fourth-order valence-electron chi connectivity index (χ4n) is 3.78. The van der Waals surface area contributed by atoms with E-state index in [0.717, 1.165) is 29.2 Å². The molecule has 0 atom stereocenters. The Kier molecular flexibility index (Phi) is 5.57. The van der Waals surface area contributed by atoms with Gasteiger partial charge in [0.2, 0.25) is 0 Å². The summed E-state index contributed by atoms with van der Waals surface area (Å²) in [7, 11) is 0. The monoisotopic (exact) mass is 508 g/mol. The maximum Gasteiger partial charge on any atom is 0.379 e. The summed E-state index contributed by atoms with van der Waals surface area (Å²) in [5.74, 6) is -0.888. The molecule has 0 spiro atoms. The first-order chi connectivity index (χ1) is 16.3. The molecule has 4 aromatic rings. The van der Waals surface area contributed by atoms with Crippen LogP contribution in [-0.4, -0.2) is 25.9 Å². The molecular formula is C22H13Cl2F3N4O3. The van der Waals surface area contributed by atoms with Crippen LogP contribution in [0, 0.1) is 0 Å². The van der Waals surface area contributed by atoms with E-state index in [1.54, 1.807) is 12.1 Å². The number of hydrogen-bond donors (Lipinski definition) is 0. The van der Waals surface area contributed by atoms with Crippen LogP contribution in [0.3, 0.4) is 0 Å². The van der Waals surface area contributed by atoms with Crippen molar-refractivity contribution in [3.05, 3.63) is 81.2 Å². The molecule has 1 aliphatic carbocycles. The van der Waals surface area contributed by atoms with Crippen LogP contribution in [0.5, 0.6) is 0 Å². The van der Waals surface area contributed by atoms with Gasteiger partial charge < -0.3 is 4.52 Å². The Labute approximate surface area is 199 Å². The number of nitrogens with zero attached hydrogens (tertiary/aromatic N) is 4. The van der Waals surface area contributed by atoms with Gasteiger partial charge in [-0.3, -0.25) is 0 Å². The third kappa shape index (κ3) is 3.72. The highest BCUT2D eigenvalue weighted by Crippen LogP contribution is 2.55. The van der Waals surface area contributed by atoms with Gasteiger partial charge in [-0.1, -0.05) is 40.5 Å². The van der Waals surface area contributed by atoms with Crippen LogP contribution in [-0.2, 0) is 10.4 Å². The number of hydrogen-bond acceptors (Lipinski definition) is 6. The molecule has 0 radical (unpaired) electrons. The van der Waals surface area contributed by atoms with Gasteiger partial charge in [0.1, 0.15) is 5.69 Å². The second kappa shape index (κ2) is 8.44. The van der Waals surface area contributed by atoms with Crippen LogP contribution >= 0.6 is 23.2 Å². The lowest BCUT2D eigenvalue weighted by atomic mass is 9.95. The number of halogens is 5. The second-order valence-corrected chi connectivity index (χ2v) is 8.47. The Morgan fingerprint density at radius 3 is 2.53 bits per heavy atom. The molecule has 0 aliphatic heterocycles. The van der Waals surface area contributed by atoms with Gasteiger partial charge in [-0.15, -0.1) is 0 Å². The highest BCUT2D eigenvalue weighted by molar-refractivity contribution is 6.42. The van der Waals surface area contributed by atoms with Gasteiger partial charge in [0.15, 0.2) is 11.5 Å². The van der Waals surface area contributed by atoms with Crippen molar-refractivity contribution in [2.24, 2.45) is 0 Å². The zero-order valence-corrected chi connectivity index (χ0v) is 18.5. The average Bonchev–Trinajstić information content (AvgIpc) is 3.28. The van der Waals surface area contributed by atoms with Gasteiger partial charge in [-0.05, 0) is 54.8 Å². The zero-order chi connectivity index (χ0) is 24.0. The van der Waals surface area contributed by atoms with Gasteiger partial charge in [0.25, 0.3) is 12.3 Å². The minimum atomic E-state index is -2.88. The SMILES string of the molecule is O=C(OF)c1ccc(-n2nc(-c3nc(C4(c5cccc(Cl)c5Cl)CC4)no3)cc2C(F)F)cc1. The van der Waals surface area contributed by atoms with Crippen LogP contribution in [0.1, 0.15) is 46.7 Å². The number of benzene rings is 2. The highest BCUT2D eigenvalue weighted by Gasteiger charge is 2.51. The summed E-state index contributed by atoms with van der Waals surface area (Å²) in [6, 6.07) is 11.5. The van der Waals surface area contributed by atoms with Gasteiger partial charge in [0, 0.05) is 4.53 Å². The standard InChI is InChI=1S/C22H13Cl2F3N4O3/c23-14-3-1-2-13(17(14)24)22(8-9-22)21-28-19(34-30-21)15-10-16(18(25)26)31(29-15)12-6-4-11(5-7-12)20(32)33-27/h1-7,10,18H,8-9H2. The molecule has 2 aromatic heterocycles. The van der Waals surface area contributed by atoms with Gasteiger partial charge in [0.05, 0.1) is 26.7 Å². The maximum absolute atomic E-state index is 13.7. The molecule has 0 bridgehead atoms. The van der Waals surface area contributed by atoms with Crippen molar-refractivity contribution in [2.75, 3.05) is 0 Å². The number of carbonyl (C=O) groups excluding carboxylic acids is 1. The van der Waals surface area contributed by atoms with Crippen molar-refractivity contribution in [1.82, 2.24) is 19.9 Å². The lowest BCUT2D eigenvalue weighted by Gasteiger charge is -2.13. The molecule has 174 valence electrons. The van der Waals surface area contributed by atoms with Crippen LogP contribution < -0.4 is 0 Å². The normalized spacial score (nSPS) is 14.4. The predicted octanol–water partition coefficient (Wildman–Crippen LogP) is 6.29. The lowest BCUT2D eigenvalue weighted by molar-refractivity contribution is -0.0788. The first kappa shape index (κ1) is 22.4. The van der Waals surface area contributed by atoms with E-state index < -0.39 is 23.5 Å². The maximum atomic E-state index is 13.7. The van der Waals surface area contributed by atoms with E-state index in [2.05, 4.69) is 20.2 Å². The number of rotatable bonds is 6. The molecule has 0 N–H and O–H groups in total. The topological polar surface area (TPSA) is 83.0 Å². The van der Waals surface area contributed by atoms with Gasteiger partial charge in [-0.25, -0.2) is 23.2 Å². The predicted molar refractivity (Wildman–Crippen MR) is 115 cm³/mol. The van der Waals surface area contributed by atoms with Crippen molar-refractivity contribution in [1.29, 1.82) is 0 Å². The van der Waals surface area contributed by atoms with Crippen molar-refractivity contribution in [2.45, 2.75) is 24.7 Å². The van der Waals surface area contributed by atoms with Crippen LogP contribution in [0.4, 0.5) is 13.3 Å². The van der Waals surface area contributed by atoms with E-state index in [9.17, 15) is 18.1 Å². The smallest absolute Gasteiger partial charge is 0.332 e. The number of alkyl halides is 2. The molecule has 2 aromatic carbocycles. The number of carbonyl (C=O) groups is 1. The van der Waals surface area contributed by atoms with E-state index >= 15 is 0 Å². The quantitative estimate of drug-likeness (QED) is 0.304. The molecule has 1 saturated carbocycles. The molecule has 2 heterocycles. The first-order valence-electron chi connectivity index (χ1n) is 9.94. The zero-order valence-electron chi connectivity index (χ0n) is 17.0. The second-order valence-electron chi connectivity index (χ2n) is 7.69. The molecule has 0 amide bonds. The van der Waals surface area contributed by atoms with Crippen molar-refractivity contribution >= 4 is 29.2 Å². The molecule has 5 rings (SSSR count). The molecule has 1 aliphatic rings. The van der Waals surface area contributed by atoms with Gasteiger partial charge in [-0.2, -0.15) is 10.1 Å². The van der Waals surface area contributed by atoms with E-state index in [-0.39, 0.29) is 22.8 Å². The fourth-order valence-corrected chi connectivity index (χ4v) is 4.26. The van der Waals surface area contributed by atoms with Crippen molar-refractivity contribution in [3.8, 4) is 17.3 Å². The van der Waals surface area contributed by atoms with E-state index in [1.807, 2.05) is 6.07 Å². The Morgan fingerprint density at radius 1 is 1.15 bits per heavy atom. The molecule has 1 fully saturated rings. The summed E-state index contributed by atoms with van der Waals surface area (Å²) in [5.41, 5.74) is -0.0866. The fraction of sp³-hybridized carbons (Fsp3) is 0.182. The average molecular weight is 509 g/mol. The van der Waals surface area contributed by atoms with E-state index in [4.69, 9.17) is 27.7 Å². The minimum Gasteiger partial charge on any atom is -0.332 e. The Balaban J connectivity index is 1.50. The number of aromatic nitrogens is 4. The summed E-state index contributed by atoms with van der Waals surface area (Å²) >= 11 is 12.5. The third-order valence-electron chi connectivity index (χ3n) is 5.67. The highest BCUT2D eigenvalue weighted by atomic mass is 35.5. The molecule has 7 nitrogen and oxygen atoms in total. The van der Waals surface area contributed by atoms with Crippen LogP contribution in [0.25, 0.3) is 17.3 Å². The van der Waals surface area contributed by atoms with Crippen molar-refractivity contribution in [3.63, 3.8) is 0 Å². The Bertz CT molecular complexity index is 1380. The van der Waals surface area contributed by atoms with Crippen molar-refractivity contribution < 1.29 is 27.6 Å². The third-order valence-corrected chi connectivity index (χ3v) is 6.49. The summed E-state index contributed by atoms with van der Waals surface area (Å²) < 4.78 is 45.9. The molecule has 0 unspecified atom stereocenters. The van der Waals surface area contributed by atoms with Crippen LogP contribution in [0.2, 0.25) is 10.0 Å². The summed E-state index contributed by atoms with van der Waals surface area (Å²) in [4.78, 5) is 18.8. The van der Waals surface area contributed by atoms with E-state index in [0.29, 0.717) is 15.9 Å². The summed E-state index contributed by atoms with van der Waals surface area (Å²) in [6.07, 6.45) is -1.44. The lowest BCUT2D eigenvalue weighted by Crippen LogP contribution is -2.11. The minimum absolute atomic E-state index is 0.0364. The molecular weight excluding hydrogens is 496 g/mol. The molecule has 0 saturated heterocycles. The Morgan fingerprint density at radius 2 is 1.88 bits per heavy atom. The first-order valence-corrected chi connectivity index (χ1v) is 10.7. The largest absolute Gasteiger partial charge is 0.379 e. The van der Waals surface area contributed by atoms with E-state index in [1.165, 1.54) is 24.3 Å². The summed E-state index contributed by atoms with van der Waals surface area (Å²) in [6.45, 7) is 0.